The van der Waals surface area contributed by atoms with E-state index in [9.17, 15) is 13.2 Å². The maximum Gasteiger partial charge on any atom is 0.307 e. The molecule has 0 saturated heterocycles. The van der Waals surface area contributed by atoms with Crippen molar-refractivity contribution in [2.45, 2.75) is 18.2 Å². The van der Waals surface area contributed by atoms with Crippen LogP contribution in [-0.2, 0) is 19.6 Å². The lowest BCUT2D eigenvalue weighted by molar-refractivity contribution is -0.140. The number of carbonyl (C=O) groups excluding carboxylic acids is 1. The van der Waals surface area contributed by atoms with E-state index in [2.05, 4.69) is 14.8 Å². The minimum Gasteiger partial charge on any atom is -0.469 e. The number of nitrogens with one attached hydrogen (secondary N) is 2. The van der Waals surface area contributed by atoms with E-state index in [4.69, 9.17) is 0 Å². The average Bonchev–Trinajstić information content (AvgIpc) is 2.39. The zero-order chi connectivity index (χ0) is 14.3. The maximum absolute atomic E-state index is 11.7. The molecular formula is C12H18N2O4S. The van der Waals surface area contributed by atoms with Gasteiger partial charge in [-0.3, -0.25) is 4.79 Å². The van der Waals surface area contributed by atoms with Crippen molar-refractivity contribution in [3.63, 3.8) is 0 Å². The molecule has 1 aromatic rings. The minimum absolute atomic E-state index is 0.216. The lowest BCUT2D eigenvalue weighted by Gasteiger charge is -2.07. The fourth-order valence-electron chi connectivity index (χ4n) is 1.44. The number of methoxy groups -OCH3 is 1. The molecule has 0 spiro atoms. The number of benzene rings is 1. The van der Waals surface area contributed by atoms with Crippen LogP contribution in [0.1, 0.15) is 13.3 Å². The van der Waals surface area contributed by atoms with E-state index in [-0.39, 0.29) is 17.3 Å². The zero-order valence-electron chi connectivity index (χ0n) is 11.0. The third kappa shape index (κ3) is 4.88. The molecule has 106 valence electrons. The lowest BCUT2D eigenvalue weighted by Crippen LogP contribution is -2.23. The Hall–Kier alpha value is -1.60. The molecule has 1 aromatic carbocycles. The first-order valence-corrected chi connectivity index (χ1v) is 7.38. The molecule has 0 heterocycles. The molecule has 1 rings (SSSR count). The summed E-state index contributed by atoms with van der Waals surface area (Å²) in [5.41, 5.74) is 0.749. The van der Waals surface area contributed by atoms with Gasteiger partial charge in [-0.05, 0) is 24.3 Å². The zero-order valence-corrected chi connectivity index (χ0v) is 11.8. The standard InChI is InChI=1S/C12H18N2O4S/c1-3-14-19(16,17)11-6-4-10(5-7-11)13-9-8-12(15)18-2/h4-7,13-14H,3,8-9H2,1-2H3. The summed E-state index contributed by atoms with van der Waals surface area (Å²) in [4.78, 5) is 11.1. The van der Waals surface area contributed by atoms with Crippen molar-refractivity contribution in [1.29, 1.82) is 0 Å². The van der Waals surface area contributed by atoms with E-state index in [0.29, 0.717) is 13.1 Å². The Balaban J connectivity index is 2.59. The summed E-state index contributed by atoms with van der Waals surface area (Å²) in [6, 6.07) is 6.33. The van der Waals surface area contributed by atoms with Crippen LogP contribution in [0, 0.1) is 0 Å². The molecule has 6 nitrogen and oxygen atoms in total. The normalized spacial score (nSPS) is 11.1. The van der Waals surface area contributed by atoms with Crippen molar-refractivity contribution >= 4 is 21.7 Å². The molecular weight excluding hydrogens is 268 g/mol. The molecule has 0 atom stereocenters. The Kier molecular flexibility index (Phi) is 5.78. The van der Waals surface area contributed by atoms with Crippen LogP contribution >= 0.6 is 0 Å². The Bertz CT molecular complexity index is 511. The molecule has 0 aliphatic carbocycles. The number of ether oxygens (including phenoxy) is 1. The van der Waals surface area contributed by atoms with Crippen LogP contribution in [0.25, 0.3) is 0 Å². The molecule has 2 N–H and O–H groups in total. The lowest BCUT2D eigenvalue weighted by atomic mass is 10.3. The fraction of sp³-hybridized carbons (Fsp3) is 0.417. The molecule has 19 heavy (non-hydrogen) atoms. The predicted molar refractivity (Wildman–Crippen MR) is 72.4 cm³/mol. The number of hydrogen-bond donors (Lipinski definition) is 2. The van der Waals surface area contributed by atoms with Crippen molar-refractivity contribution in [2.75, 3.05) is 25.5 Å². The predicted octanol–water partition coefficient (Wildman–Crippen LogP) is 0.960. The molecule has 0 aliphatic heterocycles. The highest BCUT2D eigenvalue weighted by Gasteiger charge is 2.11. The van der Waals surface area contributed by atoms with E-state index in [1.54, 1.807) is 19.1 Å². The average molecular weight is 286 g/mol. The van der Waals surface area contributed by atoms with Gasteiger partial charge in [0.05, 0.1) is 18.4 Å². The van der Waals surface area contributed by atoms with Crippen LogP contribution in [0.5, 0.6) is 0 Å². The first-order chi connectivity index (χ1) is 8.99. The summed E-state index contributed by atoms with van der Waals surface area (Å²) in [6.45, 7) is 2.51. The van der Waals surface area contributed by atoms with Crippen molar-refractivity contribution in [2.24, 2.45) is 0 Å². The third-order valence-corrected chi connectivity index (χ3v) is 3.95. The quantitative estimate of drug-likeness (QED) is 0.729. The second kappa shape index (κ2) is 7.10. The van der Waals surface area contributed by atoms with E-state index in [1.165, 1.54) is 19.2 Å². The van der Waals surface area contributed by atoms with Gasteiger partial charge in [-0.25, -0.2) is 13.1 Å². The highest BCUT2D eigenvalue weighted by Crippen LogP contribution is 2.13. The summed E-state index contributed by atoms with van der Waals surface area (Å²) in [5, 5.41) is 3.00. The van der Waals surface area contributed by atoms with Crippen LogP contribution in [0.15, 0.2) is 29.2 Å². The van der Waals surface area contributed by atoms with Crippen molar-refractivity contribution in [3.05, 3.63) is 24.3 Å². The number of carbonyl (C=O) groups is 1. The number of anilines is 1. The van der Waals surface area contributed by atoms with Crippen LogP contribution < -0.4 is 10.0 Å². The molecule has 0 bridgehead atoms. The summed E-state index contributed by atoms with van der Waals surface area (Å²) in [7, 11) is -2.08. The van der Waals surface area contributed by atoms with Gasteiger partial charge in [-0.15, -0.1) is 0 Å². The van der Waals surface area contributed by atoms with Crippen LogP contribution in [-0.4, -0.2) is 34.6 Å². The van der Waals surface area contributed by atoms with Crippen LogP contribution in [0.3, 0.4) is 0 Å². The summed E-state index contributed by atoms with van der Waals surface area (Å²) >= 11 is 0. The fourth-order valence-corrected chi connectivity index (χ4v) is 2.48. The highest BCUT2D eigenvalue weighted by atomic mass is 32.2. The van der Waals surface area contributed by atoms with Crippen molar-refractivity contribution in [1.82, 2.24) is 4.72 Å². The molecule has 0 saturated carbocycles. The molecule has 0 unspecified atom stereocenters. The van der Waals surface area contributed by atoms with Gasteiger partial charge < -0.3 is 10.1 Å². The van der Waals surface area contributed by atoms with Crippen molar-refractivity contribution < 1.29 is 17.9 Å². The second-order valence-electron chi connectivity index (χ2n) is 3.78. The van der Waals surface area contributed by atoms with Crippen LogP contribution in [0.4, 0.5) is 5.69 Å². The number of rotatable bonds is 7. The summed E-state index contributed by atoms with van der Waals surface area (Å²) < 4.78 is 30.3. The molecule has 0 amide bonds. The first-order valence-electron chi connectivity index (χ1n) is 5.90. The van der Waals surface area contributed by atoms with Gasteiger partial charge in [0.25, 0.3) is 0 Å². The van der Waals surface area contributed by atoms with Gasteiger partial charge in [-0.2, -0.15) is 0 Å². The maximum atomic E-state index is 11.7. The summed E-state index contributed by atoms with van der Waals surface area (Å²) in [6.07, 6.45) is 0.258. The van der Waals surface area contributed by atoms with Gasteiger partial charge in [0, 0.05) is 18.8 Å². The van der Waals surface area contributed by atoms with Gasteiger partial charge in [0.15, 0.2) is 0 Å². The SMILES string of the molecule is CCNS(=O)(=O)c1ccc(NCCC(=O)OC)cc1. The van der Waals surface area contributed by atoms with Crippen molar-refractivity contribution in [3.8, 4) is 0 Å². The highest BCUT2D eigenvalue weighted by molar-refractivity contribution is 7.89. The summed E-state index contributed by atoms with van der Waals surface area (Å²) in [5.74, 6) is -0.293. The Morgan fingerprint density at radius 2 is 1.89 bits per heavy atom. The Morgan fingerprint density at radius 3 is 2.42 bits per heavy atom. The van der Waals surface area contributed by atoms with E-state index in [1.807, 2.05) is 0 Å². The third-order valence-electron chi connectivity index (χ3n) is 2.38. The van der Waals surface area contributed by atoms with E-state index in [0.717, 1.165) is 5.69 Å². The molecule has 7 heteroatoms. The number of esters is 1. The van der Waals surface area contributed by atoms with E-state index >= 15 is 0 Å². The smallest absolute Gasteiger partial charge is 0.307 e. The first kappa shape index (κ1) is 15.5. The van der Waals surface area contributed by atoms with Gasteiger partial charge in [0.2, 0.25) is 10.0 Å². The Morgan fingerprint density at radius 1 is 1.26 bits per heavy atom. The molecule has 0 aliphatic rings. The Labute approximate surface area is 113 Å². The van der Waals surface area contributed by atoms with E-state index < -0.39 is 10.0 Å². The van der Waals surface area contributed by atoms with Gasteiger partial charge >= 0.3 is 5.97 Å². The number of hydrogen-bond acceptors (Lipinski definition) is 5. The molecule has 0 fully saturated rings. The monoisotopic (exact) mass is 286 g/mol. The largest absolute Gasteiger partial charge is 0.469 e. The van der Waals surface area contributed by atoms with Gasteiger partial charge in [0.1, 0.15) is 0 Å². The minimum atomic E-state index is -3.42. The molecule has 0 aromatic heterocycles. The topological polar surface area (TPSA) is 84.5 Å². The second-order valence-corrected chi connectivity index (χ2v) is 5.55. The van der Waals surface area contributed by atoms with Crippen LogP contribution in [0.2, 0.25) is 0 Å². The van der Waals surface area contributed by atoms with Gasteiger partial charge in [-0.1, -0.05) is 6.92 Å². The molecule has 0 radical (unpaired) electrons. The number of sulfonamides is 1.